The van der Waals surface area contributed by atoms with Crippen LogP contribution in [0.2, 0.25) is 0 Å². The predicted octanol–water partition coefficient (Wildman–Crippen LogP) is 5.20. The van der Waals surface area contributed by atoms with Crippen LogP contribution >= 0.6 is 31.9 Å². The molecule has 0 atom stereocenters. The summed E-state index contributed by atoms with van der Waals surface area (Å²) in [4.78, 5) is 0. The largest absolute Gasteiger partial charge is 0.489 e. The fourth-order valence-electron chi connectivity index (χ4n) is 1.60. The van der Waals surface area contributed by atoms with Gasteiger partial charge in [-0.2, -0.15) is 0 Å². The number of rotatable bonds is 4. The van der Waals surface area contributed by atoms with Crippen molar-refractivity contribution in [1.82, 2.24) is 0 Å². The molecule has 0 aliphatic rings. The second-order valence-corrected chi connectivity index (χ2v) is 5.28. The normalized spacial score (nSPS) is 10.5. The van der Waals surface area contributed by atoms with Gasteiger partial charge in [0.05, 0.1) is 4.47 Å². The van der Waals surface area contributed by atoms with Crippen molar-refractivity contribution < 1.29 is 13.5 Å². The van der Waals surface area contributed by atoms with Crippen molar-refractivity contribution in [3.05, 3.63) is 63.6 Å². The summed E-state index contributed by atoms with van der Waals surface area (Å²) in [6.07, 6.45) is 0. The van der Waals surface area contributed by atoms with E-state index in [1.165, 1.54) is 18.2 Å². The Labute approximate surface area is 126 Å². The number of alkyl halides is 1. The molecule has 0 fully saturated rings. The number of halogens is 4. The maximum atomic E-state index is 13.3. The summed E-state index contributed by atoms with van der Waals surface area (Å²) in [5, 5.41) is 0.546. The molecule has 0 aliphatic carbocycles. The lowest BCUT2D eigenvalue weighted by atomic mass is 10.2. The average Bonchev–Trinajstić information content (AvgIpc) is 2.40. The molecule has 0 aromatic heterocycles. The number of hydrogen-bond acceptors (Lipinski definition) is 1. The molecule has 0 bridgehead atoms. The molecule has 100 valence electrons. The van der Waals surface area contributed by atoms with Gasteiger partial charge in [-0.25, -0.2) is 8.78 Å². The van der Waals surface area contributed by atoms with E-state index in [1.807, 2.05) is 0 Å². The van der Waals surface area contributed by atoms with Gasteiger partial charge in [0, 0.05) is 17.0 Å². The van der Waals surface area contributed by atoms with Crippen LogP contribution in [-0.2, 0) is 11.9 Å². The molecular formula is C14H10Br2F2O. The average molecular weight is 392 g/mol. The third kappa shape index (κ3) is 3.76. The van der Waals surface area contributed by atoms with Crippen LogP contribution in [0.4, 0.5) is 8.78 Å². The van der Waals surface area contributed by atoms with Crippen molar-refractivity contribution in [3.63, 3.8) is 0 Å². The van der Waals surface area contributed by atoms with Crippen molar-refractivity contribution in [2.24, 2.45) is 0 Å². The SMILES string of the molecule is Fc1cc(CBr)cc(OCc2cccc(F)c2Br)c1. The van der Waals surface area contributed by atoms with Crippen LogP contribution in [0.25, 0.3) is 0 Å². The van der Waals surface area contributed by atoms with Crippen LogP contribution in [-0.4, -0.2) is 0 Å². The summed E-state index contributed by atoms with van der Waals surface area (Å²) >= 11 is 6.42. The molecule has 0 aliphatic heterocycles. The maximum Gasteiger partial charge on any atom is 0.137 e. The Bertz CT molecular complexity index is 588. The summed E-state index contributed by atoms with van der Waals surface area (Å²) in [6, 6.07) is 9.19. The third-order valence-corrected chi connectivity index (χ3v) is 4.05. The van der Waals surface area contributed by atoms with Crippen molar-refractivity contribution in [2.75, 3.05) is 0 Å². The van der Waals surface area contributed by atoms with Crippen molar-refractivity contribution >= 4 is 31.9 Å². The molecule has 5 heteroatoms. The summed E-state index contributed by atoms with van der Waals surface area (Å²) in [5.41, 5.74) is 1.46. The van der Waals surface area contributed by atoms with Gasteiger partial charge in [0.25, 0.3) is 0 Å². The summed E-state index contributed by atoms with van der Waals surface area (Å²) in [6.45, 7) is 0.170. The van der Waals surface area contributed by atoms with Gasteiger partial charge in [-0.05, 0) is 39.7 Å². The number of benzene rings is 2. The Balaban J connectivity index is 2.14. The van der Waals surface area contributed by atoms with Crippen LogP contribution in [0.5, 0.6) is 5.75 Å². The first-order valence-electron chi connectivity index (χ1n) is 5.51. The lowest BCUT2D eigenvalue weighted by Crippen LogP contribution is -1.98. The van der Waals surface area contributed by atoms with Crippen molar-refractivity contribution in [1.29, 1.82) is 0 Å². The Hall–Kier alpha value is -0.940. The smallest absolute Gasteiger partial charge is 0.137 e. The molecule has 2 aromatic carbocycles. The highest BCUT2D eigenvalue weighted by molar-refractivity contribution is 9.10. The quantitative estimate of drug-likeness (QED) is 0.650. The summed E-state index contributed by atoms with van der Waals surface area (Å²) in [5.74, 6) is -0.280. The molecule has 2 rings (SSSR count). The topological polar surface area (TPSA) is 9.23 Å². The third-order valence-electron chi connectivity index (χ3n) is 2.51. The van der Waals surface area contributed by atoms with Gasteiger partial charge in [-0.15, -0.1) is 0 Å². The minimum absolute atomic E-state index is 0.170. The molecule has 0 spiro atoms. The lowest BCUT2D eigenvalue weighted by Gasteiger charge is -2.09. The van der Waals surface area contributed by atoms with E-state index < -0.39 is 0 Å². The van der Waals surface area contributed by atoms with Crippen LogP contribution in [0.3, 0.4) is 0 Å². The van der Waals surface area contributed by atoms with Gasteiger partial charge in [-0.3, -0.25) is 0 Å². The minimum Gasteiger partial charge on any atom is -0.489 e. The molecule has 0 N–H and O–H groups in total. The Morgan fingerprint density at radius 1 is 1.11 bits per heavy atom. The van der Waals surface area contributed by atoms with Gasteiger partial charge in [0.1, 0.15) is 24.0 Å². The summed E-state index contributed by atoms with van der Waals surface area (Å²) in [7, 11) is 0. The van der Waals surface area contributed by atoms with Crippen LogP contribution in [0, 0.1) is 11.6 Å². The highest BCUT2D eigenvalue weighted by atomic mass is 79.9. The molecule has 0 unspecified atom stereocenters. The molecule has 19 heavy (non-hydrogen) atoms. The molecule has 1 nitrogen and oxygen atoms in total. The van der Waals surface area contributed by atoms with Crippen LogP contribution in [0.1, 0.15) is 11.1 Å². The summed E-state index contributed by atoms with van der Waals surface area (Å²) < 4.78 is 32.5. The molecular weight excluding hydrogens is 382 g/mol. The number of hydrogen-bond donors (Lipinski definition) is 0. The number of ether oxygens (including phenoxy) is 1. The first-order chi connectivity index (χ1) is 9.10. The predicted molar refractivity (Wildman–Crippen MR) is 77.5 cm³/mol. The van der Waals surface area contributed by atoms with Gasteiger partial charge in [-0.1, -0.05) is 28.1 Å². The fraction of sp³-hybridized carbons (Fsp3) is 0.143. The Kier molecular flexibility index (Phi) is 4.93. The molecule has 0 saturated carbocycles. The first-order valence-corrected chi connectivity index (χ1v) is 7.42. The van der Waals surface area contributed by atoms with Gasteiger partial charge in [0.15, 0.2) is 0 Å². The van der Waals surface area contributed by atoms with E-state index in [9.17, 15) is 8.78 Å². The van der Waals surface area contributed by atoms with E-state index >= 15 is 0 Å². The zero-order valence-corrected chi connectivity index (χ0v) is 13.0. The van der Waals surface area contributed by atoms with Crippen LogP contribution in [0.15, 0.2) is 40.9 Å². The molecule has 0 radical (unpaired) electrons. The van der Waals surface area contributed by atoms with E-state index in [1.54, 1.807) is 18.2 Å². The highest BCUT2D eigenvalue weighted by Gasteiger charge is 2.07. The van der Waals surface area contributed by atoms with E-state index in [4.69, 9.17) is 4.74 Å². The second-order valence-electron chi connectivity index (χ2n) is 3.93. The Morgan fingerprint density at radius 2 is 1.89 bits per heavy atom. The van der Waals surface area contributed by atoms with Gasteiger partial charge in [0.2, 0.25) is 0 Å². The van der Waals surface area contributed by atoms with E-state index in [0.29, 0.717) is 21.1 Å². The Morgan fingerprint density at radius 3 is 2.63 bits per heavy atom. The highest BCUT2D eigenvalue weighted by Crippen LogP contribution is 2.23. The first kappa shape index (κ1) is 14.5. The monoisotopic (exact) mass is 390 g/mol. The fourth-order valence-corrected chi connectivity index (χ4v) is 2.30. The standard InChI is InChI=1S/C14H10Br2F2O/c15-7-9-4-11(17)6-12(5-9)19-8-10-2-1-3-13(18)14(10)16/h1-6H,7-8H2. The molecule has 0 saturated heterocycles. The van der Waals surface area contributed by atoms with E-state index in [0.717, 1.165) is 5.56 Å². The van der Waals surface area contributed by atoms with Crippen LogP contribution < -0.4 is 4.74 Å². The maximum absolute atomic E-state index is 13.3. The van der Waals surface area contributed by atoms with Crippen molar-refractivity contribution in [3.8, 4) is 5.75 Å². The van der Waals surface area contributed by atoms with Gasteiger partial charge >= 0.3 is 0 Å². The van der Waals surface area contributed by atoms with E-state index in [-0.39, 0.29) is 18.2 Å². The molecule has 0 heterocycles. The lowest BCUT2D eigenvalue weighted by molar-refractivity contribution is 0.303. The second kappa shape index (κ2) is 6.48. The van der Waals surface area contributed by atoms with Crippen molar-refractivity contribution in [2.45, 2.75) is 11.9 Å². The van der Waals surface area contributed by atoms with E-state index in [2.05, 4.69) is 31.9 Å². The molecule has 2 aromatic rings. The van der Waals surface area contributed by atoms with Gasteiger partial charge < -0.3 is 4.74 Å². The zero-order valence-electron chi connectivity index (χ0n) is 9.80. The minimum atomic E-state index is -0.356. The zero-order chi connectivity index (χ0) is 13.8. The molecule has 0 amide bonds.